The van der Waals surface area contributed by atoms with Gasteiger partial charge in [0.25, 0.3) is 5.91 Å². The first-order valence-electron chi connectivity index (χ1n) is 9.44. The summed E-state index contributed by atoms with van der Waals surface area (Å²) in [5.41, 5.74) is 2.80. The minimum Gasteiger partial charge on any atom is -0.467 e. The molecule has 1 amide bonds. The summed E-state index contributed by atoms with van der Waals surface area (Å²) in [4.78, 5) is 21.1. The van der Waals surface area contributed by atoms with Crippen LogP contribution < -0.4 is 4.90 Å². The largest absolute Gasteiger partial charge is 0.467 e. The van der Waals surface area contributed by atoms with Gasteiger partial charge in [-0.25, -0.2) is 4.98 Å². The highest BCUT2D eigenvalue weighted by atomic mass is 32.2. The van der Waals surface area contributed by atoms with Gasteiger partial charge in [0.05, 0.1) is 23.0 Å². The number of carbonyl (C=O) groups is 1. The predicted octanol–water partition coefficient (Wildman–Crippen LogP) is 6.58. The van der Waals surface area contributed by atoms with Crippen molar-refractivity contribution in [3.8, 4) is 0 Å². The molecule has 0 saturated carbocycles. The molecule has 2 heterocycles. The number of amides is 1. The van der Waals surface area contributed by atoms with Crippen molar-refractivity contribution in [1.82, 2.24) is 4.98 Å². The normalized spacial score (nSPS) is 11.3. The predicted molar refractivity (Wildman–Crippen MR) is 121 cm³/mol. The van der Waals surface area contributed by atoms with Crippen LogP contribution in [-0.2, 0) is 6.54 Å². The number of fused-ring (bicyclic) bond motifs is 1. The second kappa shape index (κ2) is 8.43. The Morgan fingerprint density at radius 2 is 1.93 bits per heavy atom. The lowest BCUT2D eigenvalue weighted by atomic mass is 10.0. The van der Waals surface area contributed by atoms with Gasteiger partial charge in [-0.15, -0.1) is 11.8 Å². The number of furan rings is 1. The summed E-state index contributed by atoms with van der Waals surface area (Å²) in [5, 5.41) is 0.684. The van der Waals surface area contributed by atoms with Crippen LogP contribution in [0.25, 0.3) is 10.2 Å². The lowest BCUT2D eigenvalue weighted by molar-refractivity contribution is 0.0983. The van der Waals surface area contributed by atoms with Crippen molar-refractivity contribution in [2.45, 2.75) is 31.2 Å². The quantitative estimate of drug-likeness (QED) is 0.329. The molecule has 29 heavy (non-hydrogen) atoms. The maximum Gasteiger partial charge on any atom is 0.260 e. The number of anilines is 1. The van der Waals surface area contributed by atoms with E-state index in [2.05, 4.69) is 32.0 Å². The van der Waals surface area contributed by atoms with E-state index in [4.69, 9.17) is 9.40 Å². The number of nitrogens with zero attached hydrogens (tertiary/aromatic N) is 2. The Morgan fingerprint density at radius 3 is 2.59 bits per heavy atom. The van der Waals surface area contributed by atoms with Crippen LogP contribution in [0.3, 0.4) is 0 Å². The molecule has 0 aliphatic heterocycles. The number of benzene rings is 2. The fourth-order valence-corrected chi connectivity index (χ4v) is 4.62. The molecule has 2 aromatic carbocycles. The van der Waals surface area contributed by atoms with Crippen LogP contribution in [0.4, 0.5) is 5.13 Å². The molecule has 0 unspecified atom stereocenters. The number of thioether (sulfide) groups is 1. The minimum absolute atomic E-state index is 0.0841. The number of carbonyl (C=O) groups excluding carboxylic acids is 1. The summed E-state index contributed by atoms with van der Waals surface area (Å²) >= 11 is 3.19. The summed E-state index contributed by atoms with van der Waals surface area (Å²) < 4.78 is 6.61. The molecule has 4 rings (SSSR count). The molecule has 0 spiro atoms. The van der Waals surface area contributed by atoms with Crippen LogP contribution in [-0.4, -0.2) is 17.1 Å². The van der Waals surface area contributed by atoms with Crippen molar-refractivity contribution < 1.29 is 9.21 Å². The van der Waals surface area contributed by atoms with Gasteiger partial charge in [-0.2, -0.15) is 0 Å². The van der Waals surface area contributed by atoms with Gasteiger partial charge in [0.1, 0.15) is 5.76 Å². The van der Waals surface area contributed by atoms with E-state index < -0.39 is 0 Å². The molecule has 4 aromatic rings. The van der Waals surface area contributed by atoms with E-state index in [1.807, 2.05) is 42.7 Å². The number of aromatic nitrogens is 1. The van der Waals surface area contributed by atoms with Crippen LogP contribution in [0.5, 0.6) is 0 Å². The number of rotatable bonds is 6. The SMILES string of the molecule is CSc1ccc(C(=O)N(Cc2ccco2)c2nc3c(C(C)C)cccc3s2)cc1. The van der Waals surface area contributed by atoms with Gasteiger partial charge >= 0.3 is 0 Å². The molecule has 4 nitrogen and oxygen atoms in total. The van der Waals surface area contributed by atoms with E-state index in [9.17, 15) is 4.79 Å². The Kier molecular flexibility index (Phi) is 5.74. The summed E-state index contributed by atoms with van der Waals surface area (Å²) in [6.45, 7) is 4.66. The van der Waals surface area contributed by atoms with Crippen molar-refractivity contribution in [2.24, 2.45) is 0 Å². The van der Waals surface area contributed by atoms with Crippen LogP contribution >= 0.6 is 23.1 Å². The monoisotopic (exact) mass is 422 g/mol. The lowest BCUT2D eigenvalue weighted by Gasteiger charge is -2.19. The van der Waals surface area contributed by atoms with Gasteiger partial charge in [-0.05, 0) is 60.2 Å². The molecule has 0 fully saturated rings. The molecule has 0 bridgehead atoms. The van der Waals surface area contributed by atoms with E-state index in [0.717, 1.165) is 20.9 Å². The Morgan fingerprint density at radius 1 is 1.14 bits per heavy atom. The van der Waals surface area contributed by atoms with Crippen LogP contribution in [0.1, 0.15) is 41.4 Å². The van der Waals surface area contributed by atoms with Gasteiger partial charge in [-0.1, -0.05) is 37.3 Å². The van der Waals surface area contributed by atoms with Gasteiger partial charge in [0, 0.05) is 10.5 Å². The Labute approximate surface area is 178 Å². The molecular formula is C23H22N2O2S2. The molecule has 6 heteroatoms. The van der Waals surface area contributed by atoms with E-state index in [0.29, 0.717) is 23.2 Å². The first-order valence-corrected chi connectivity index (χ1v) is 11.5. The van der Waals surface area contributed by atoms with Gasteiger partial charge in [0.2, 0.25) is 0 Å². The summed E-state index contributed by atoms with van der Waals surface area (Å²) in [6, 6.07) is 17.6. The van der Waals surface area contributed by atoms with E-state index in [1.54, 1.807) is 22.9 Å². The van der Waals surface area contributed by atoms with Crippen molar-refractivity contribution in [3.63, 3.8) is 0 Å². The fraction of sp³-hybridized carbons (Fsp3) is 0.217. The summed E-state index contributed by atoms with van der Waals surface area (Å²) in [7, 11) is 0. The summed E-state index contributed by atoms with van der Waals surface area (Å²) in [6.07, 6.45) is 3.65. The highest BCUT2D eigenvalue weighted by Gasteiger charge is 2.23. The standard InChI is InChI=1S/C23H22N2O2S2/c1-15(2)19-7-4-8-20-21(19)24-23(29-20)25(14-17-6-5-13-27-17)22(26)16-9-11-18(28-3)12-10-16/h4-13,15H,14H2,1-3H3. The minimum atomic E-state index is -0.0841. The molecule has 148 valence electrons. The van der Waals surface area contributed by atoms with Crippen molar-refractivity contribution >= 4 is 44.4 Å². The lowest BCUT2D eigenvalue weighted by Crippen LogP contribution is -2.30. The first-order chi connectivity index (χ1) is 14.1. The Hall–Kier alpha value is -2.57. The number of hydrogen-bond acceptors (Lipinski definition) is 5. The smallest absolute Gasteiger partial charge is 0.260 e. The highest BCUT2D eigenvalue weighted by molar-refractivity contribution is 7.98. The molecule has 0 atom stereocenters. The maximum absolute atomic E-state index is 13.4. The van der Waals surface area contributed by atoms with Crippen LogP contribution in [0.2, 0.25) is 0 Å². The molecular weight excluding hydrogens is 400 g/mol. The molecule has 2 aromatic heterocycles. The van der Waals surface area contributed by atoms with Crippen molar-refractivity contribution in [1.29, 1.82) is 0 Å². The second-order valence-corrected chi connectivity index (χ2v) is 8.93. The van der Waals surface area contributed by atoms with Crippen LogP contribution in [0.15, 0.2) is 70.2 Å². The van der Waals surface area contributed by atoms with E-state index >= 15 is 0 Å². The van der Waals surface area contributed by atoms with Gasteiger partial charge in [-0.3, -0.25) is 9.69 Å². The van der Waals surface area contributed by atoms with Crippen LogP contribution in [0, 0.1) is 0 Å². The molecule has 0 radical (unpaired) electrons. The number of hydrogen-bond donors (Lipinski definition) is 0. The van der Waals surface area contributed by atoms with Crippen molar-refractivity contribution in [3.05, 3.63) is 77.7 Å². The highest BCUT2D eigenvalue weighted by Crippen LogP contribution is 2.35. The van der Waals surface area contributed by atoms with Gasteiger partial charge in [0.15, 0.2) is 5.13 Å². The van der Waals surface area contributed by atoms with E-state index in [-0.39, 0.29) is 5.91 Å². The zero-order valence-corrected chi connectivity index (χ0v) is 18.2. The third kappa shape index (κ3) is 4.09. The third-order valence-corrected chi connectivity index (χ3v) is 6.56. The number of thiazole rings is 1. The molecule has 0 aliphatic carbocycles. The second-order valence-electron chi connectivity index (χ2n) is 7.04. The Bertz CT molecular complexity index is 1120. The molecule has 0 saturated heterocycles. The average molecular weight is 423 g/mol. The maximum atomic E-state index is 13.4. The number of para-hydroxylation sites is 1. The topological polar surface area (TPSA) is 46.3 Å². The molecule has 0 aliphatic rings. The molecule has 0 N–H and O–H groups in total. The Balaban J connectivity index is 1.77. The van der Waals surface area contributed by atoms with Gasteiger partial charge < -0.3 is 4.42 Å². The first kappa shape index (κ1) is 19.7. The zero-order valence-electron chi connectivity index (χ0n) is 16.6. The third-order valence-electron chi connectivity index (χ3n) is 4.77. The zero-order chi connectivity index (χ0) is 20.4. The fourth-order valence-electron chi connectivity index (χ4n) is 3.21. The summed E-state index contributed by atoms with van der Waals surface area (Å²) in [5.74, 6) is 1.00. The van der Waals surface area contributed by atoms with E-state index in [1.165, 1.54) is 16.9 Å². The van der Waals surface area contributed by atoms with Crippen molar-refractivity contribution in [2.75, 3.05) is 11.2 Å². The average Bonchev–Trinajstić information content (AvgIpc) is 3.40.